The van der Waals surface area contributed by atoms with E-state index in [1.165, 1.54) is 19.6 Å². The van der Waals surface area contributed by atoms with Crippen LogP contribution in [0.15, 0.2) is 16.5 Å². The molecule has 2 heterocycles. The van der Waals surface area contributed by atoms with E-state index < -0.39 is 41.4 Å². The monoisotopic (exact) mass is 497 g/mol. The Hall–Kier alpha value is -2.82. The van der Waals surface area contributed by atoms with Gasteiger partial charge in [0.15, 0.2) is 17.3 Å². The molecular formula is C24H27F4N3O4. The number of carbonyl (C=O) groups is 1. The number of benzene rings is 1. The van der Waals surface area contributed by atoms with E-state index in [4.69, 9.17) is 13.9 Å². The average Bonchev–Trinajstić information content (AvgIpc) is 3.14. The lowest BCUT2D eigenvalue weighted by Gasteiger charge is -2.45. The first-order valence-corrected chi connectivity index (χ1v) is 11.6. The number of aromatic nitrogens is 1. The predicted molar refractivity (Wildman–Crippen MR) is 118 cm³/mol. The van der Waals surface area contributed by atoms with Crippen molar-refractivity contribution < 1.29 is 36.2 Å². The highest BCUT2D eigenvalue weighted by Crippen LogP contribution is 2.52. The van der Waals surface area contributed by atoms with Crippen LogP contribution in [-0.4, -0.2) is 49.0 Å². The number of halogens is 4. The third-order valence-corrected chi connectivity index (χ3v) is 7.05. The first-order chi connectivity index (χ1) is 16.4. The number of alkyl halides is 3. The van der Waals surface area contributed by atoms with E-state index in [0.717, 1.165) is 18.9 Å². The van der Waals surface area contributed by atoms with Crippen molar-refractivity contribution in [1.82, 2.24) is 4.98 Å². The van der Waals surface area contributed by atoms with Crippen molar-refractivity contribution in [3.8, 4) is 5.75 Å². The van der Waals surface area contributed by atoms with Crippen LogP contribution in [0, 0.1) is 24.6 Å². The minimum absolute atomic E-state index is 0.0210. The number of ether oxygens (including phenoxy) is 2. The van der Waals surface area contributed by atoms with Crippen molar-refractivity contribution in [1.29, 1.82) is 0 Å². The van der Waals surface area contributed by atoms with Gasteiger partial charge in [-0.3, -0.25) is 4.79 Å². The van der Waals surface area contributed by atoms with Crippen LogP contribution in [-0.2, 0) is 11.2 Å². The number of nitrogens with one attached hydrogen (secondary N) is 1. The van der Waals surface area contributed by atoms with Crippen molar-refractivity contribution in [3.05, 3.63) is 35.0 Å². The summed E-state index contributed by atoms with van der Waals surface area (Å²) in [6, 6.07) is 2.53. The molecule has 7 nitrogen and oxygen atoms in total. The van der Waals surface area contributed by atoms with Crippen LogP contribution in [0.1, 0.15) is 48.0 Å². The van der Waals surface area contributed by atoms with Crippen molar-refractivity contribution in [3.63, 3.8) is 0 Å². The number of carbonyl (C=O) groups excluding carboxylic acids is 1. The molecule has 0 spiro atoms. The fourth-order valence-electron chi connectivity index (χ4n) is 5.04. The number of fused-ring (bicyclic) bond motifs is 1. The molecule has 0 radical (unpaired) electrons. The fourth-order valence-corrected chi connectivity index (χ4v) is 5.04. The molecule has 3 atom stereocenters. The maximum Gasteiger partial charge on any atom is 0.396 e. The van der Waals surface area contributed by atoms with E-state index >= 15 is 0 Å². The zero-order chi connectivity index (χ0) is 25.1. The number of amides is 1. The molecule has 1 amide bonds. The smallest absolute Gasteiger partial charge is 0.396 e. The van der Waals surface area contributed by atoms with Gasteiger partial charge in [-0.05, 0) is 56.6 Å². The number of oxazole rings is 1. The molecule has 5 rings (SSSR count). The van der Waals surface area contributed by atoms with E-state index in [1.807, 2.05) is 6.92 Å². The first-order valence-electron chi connectivity index (χ1n) is 11.6. The molecular weight excluding hydrogens is 470 g/mol. The summed E-state index contributed by atoms with van der Waals surface area (Å²) in [5, 5.41) is 2.45. The Morgan fingerprint density at radius 3 is 2.54 bits per heavy atom. The van der Waals surface area contributed by atoms with Gasteiger partial charge in [0.1, 0.15) is 17.8 Å². The SMILES string of the molecule is COC1(C)CN(c2nc(C(=O)Nc3cc(C)c(O[C@@H]4CC5C[C@@H]5C4)c(F)c3)c(CC(F)(F)F)o2)C1. The van der Waals surface area contributed by atoms with E-state index in [0.29, 0.717) is 30.5 Å². The molecule has 1 aliphatic heterocycles. The average molecular weight is 497 g/mol. The minimum atomic E-state index is -4.61. The van der Waals surface area contributed by atoms with Crippen LogP contribution in [0.5, 0.6) is 5.75 Å². The van der Waals surface area contributed by atoms with E-state index in [2.05, 4.69) is 10.3 Å². The quantitative estimate of drug-likeness (QED) is 0.550. The van der Waals surface area contributed by atoms with Gasteiger partial charge in [-0.15, -0.1) is 0 Å². The highest BCUT2D eigenvalue weighted by Gasteiger charge is 2.47. The van der Waals surface area contributed by atoms with Gasteiger partial charge in [-0.1, -0.05) is 0 Å². The van der Waals surface area contributed by atoms with Crippen LogP contribution in [0.4, 0.5) is 29.3 Å². The van der Waals surface area contributed by atoms with Gasteiger partial charge in [0.25, 0.3) is 11.9 Å². The Kier molecular flexibility index (Phi) is 5.73. The third kappa shape index (κ3) is 4.96. The fraction of sp³-hybridized carbons (Fsp3) is 0.583. The second-order valence-electron chi connectivity index (χ2n) is 10.1. The van der Waals surface area contributed by atoms with E-state index in [-0.39, 0.29) is 23.6 Å². The molecule has 11 heteroatoms. The van der Waals surface area contributed by atoms with Crippen LogP contribution >= 0.6 is 0 Å². The second-order valence-corrected chi connectivity index (χ2v) is 10.1. The molecule has 2 aliphatic carbocycles. The summed E-state index contributed by atoms with van der Waals surface area (Å²) in [4.78, 5) is 18.5. The van der Waals surface area contributed by atoms with Crippen LogP contribution in [0.25, 0.3) is 0 Å². The zero-order valence-electron chi connectivity index (χ0n) is 19.7. The molecule has 190 valence electrons. The Bertz CT molecular complexity index is 1110. The highest BCUT2D eigenvalue weighted by molar-refractivity contribution is 6.04. The topological polar surface area (TPSA) is 76.8 Å². The van der Waals surface area contributed by atoms with Gasteiger partial charge >= 0.3 is 6.18 Å². The largest absolute Gasteiger partial charge is 0.487 e. The summed E-state index contributed by atoms with van der Waals surface area (Å²) in [5.41, 5.74) is -0.396. The number of hydrogen-bond donors (Lipinski definition) is 1. The standard InChI is InChI=1S/C24H27F4N3O4/c1-12-4-15(8-17(25)20(12)34-16-6-13-5-14(13)7-16)29-21(32)19-18(9-24(26,27)28)35-22(30-19)31-10-23(2,11-31)33-3/h4,8,13-14,16H,5-7,9-11H2,1-3H3,(H,29,32)/t13-,14?,16+/m1/s1. The Morgan fingerprint density at radius 1 is 1.26 bits per heavy atom. The van der Waals surface area contributed by atoms with Gasteiger partial charge in [-0.25, -0.2) is 4.39 Å². The molecule has 1 unspecified atom stereocenters. The first kappa shape index (κ1) is 23.9. The Labute approximate surface area is 199 Å². The van der Waals surface area contributed by atoms with Crippen LogP contribution in [0.2, 0.25) is 0 Å². The van der Waals surface area contributed by atoms with Crippen molar-refractivity contribution in [2.75, 3.05) is 30.4 Å². The summed E-state index contributed by atoms with van der Waals surface area (Å²) >= 11 is 0. The number of aryl methyl sites for hydroxylation is 1. The molecule has 2 saturated carbocycles. The summed E-state index contributed by atoms with van der Waals surface area (Å²) in [6.07, 6.45) is -3.03. The number of hydrogen-bond acceptors (Lipinski definition) is 6. The molecule has 0 bridgehead atoms. The number of nitrogens with zero attached hydrogens (tertiary/aromatic N) is 2. The second kappa shape index (κ2) is 8.39. The maximum absolute atomic E-state index is 14.8. The van der Waals surface area contributed by atoms with Gasteiger partial charge in [0.2, 0.25) is 0 Å². The molecule has 3 fully saturated rings. The minimum Gasteiger partial charge on any atom is -0.487 e. The maximum atomic E-state index is 14.8. The molecule has 1 aromatic heterocycles. The van der Waals surface area contributed by atoms with E-state index in [1.54, 1.807) is 11.8 Å². The number of rotatable bonds is 7. The Morgan fingerprint density at radius 2 is 1.94 bits per heavy atom. The molecule has 1 saturated heterocycles. The highest BCUT2D eigenvalue weighted by atomic mass is 19.4. The predicted octanol–water partition coefficient (Wildman–Crippen LogP) is 4.88. The normalized spacial score (nSPS) is 24.7. The number of anilines is 2. The summed E-state index contributed by atoms with van der Waals surface area (Å²) in [5.74, 6) is -0.670. The lowest BCUT2D eigenvalue weighted by Crippen LogP contribution is -2.61. The van der Waals surface area contributed by atoms with Gasteiger partial charge in [0.05, 0.1) is 19.2 Å². The third-order valence-electron chi connectivity index (χ3n) is 7.05. The van der Waals surface area contributed by atoms with Gasteiger partial charge < -0.3 is 24.1 Å². The lowest BCUT2D eigenvalue weighted by atomic mass is 9.97. The van der Waals surface area contributed by atoms with E-state index in [9.17, 15) is 22.4 Å². The van der Waals surface area contributed by atoms with Crippen molar-refractivity contribution in [2.24, 2.45) is 11.8 Å². The molecule has 35 heavy (non-hydrogen) atoms. The summed E-state index contributed by atoms with van der Waals surface area (Å²) < 4.78 is 70.7. The Balaban J connectivity index is 1.32. The lowest BCUT2D eigenvalue weighted by molar-refractivity contribution is -0.130. The van der Waals surface area contributed by atoms with Crippen molar-refractivity contribution in [2.45, 2.75) is 57.4 Å². The van der Waals surface area contributed by atoms with Crippen LogP contribution < -0.4 is 15.0 Å². The number of methoxy groups -OCH3 is 1. The van der Waals surface area contributed by atoms with Crippen molar-refractivity contribution >= 4 is 17.6 Å². The van der Waals surface area contributed by atoms with Crippen LogP contribution in [0.3, 0.4) is 0 Å². The molecule has 2 aromatic rings. The zero-order valence-corrected chi connectivity index (χ0v) is 19.7. The van der Waals surface area contributed by atoms with Gasteiger partial charge in [0, 0.05) is 18.9 Å². The molecule has 3 aliphatic rings. The summed E-state index contributed by atoms with van der Waals surface area (Å²) in [7, 11) is 1.54. The molecule has 1 aromatic carbocycles. The van der Waals surface area contributed by atoms with Gasteiger partial charge in [-0.2, -0.15) is 18.2 Å². The summed E-state index contributed by atoms with van der Waals surface area (Å²) in [6.45, 7) is 4.20. The molecule has 1 N–H and O–H groups in total.